The molecule has 86 valence electrons. The fourth-order valence-corrected chi connectivity index (χ4v) is 1.08. The van der Waals surface area contributed by atoms with Gasteiger partial charge in [0, 0.05) is 11.6 Å². The molecular formula is C9H8FNO5. The van der Waals surface area contributed by atoms with Crippen LogP contribution < -0.4 is 0 Å². The van der Waals surface area contributed by atoms with Crippen molar-refractivity contribution in [3.05, 3.63) is 33.9 Å². The lowest BCUT2D eigenvalue weighted by Crippen LogP contribution is -2.09. The number of halogens is 1. The van der Waals surface area contributed by atoms with Crippen LogP contribution in [-0.2, 0) is 9.53 Å². The van der Waals surface area contributed by atoms with Crippen LogP contribution in [0.1, 0.15) is 11.7 Å². The first kappa shape index (κ1) is 11.9. The number of benzene rings is 1. The topological polar surface area (TPSA) is 89.7 Å². The highest BCUT2D eigenvalue weighted by atomic mass is 19.1. The fraction of sp³-hybridized carbons (Fsp3) is 0.222. The van der Waals surface area contributed by atoms with E-state index >= 15 is 0 Å². The Bertz CT molecular complexity index is 434. The summed E-state index contributed by atoms with van der Waals surface area (Å²) in [5.74, 6) is -1.74. The maximum Gasteiger partial charge on any atom is 0.345 e. The van der Waals surface area contributed by atoms with Crippen LogP contribution in [-0.4, -0.2) is 23.1 Å². The lowest BCUT2D eigenvalue weighted by Gasteiger charge is -2.06. The van der Waals surface area contributed by atoms with E-state index in [9.17, 15) is 19.3 Å². The van der Waals surface area contributed by atoms with Gasteiger partial charge in [-0.3, -0.25) is 10.1 Å². The normalized spacial score (nSPS) is 11.9. The number of esters is 1. The third-order valence-corrected chi connectivity index (χ3v) is 1.90. The first-order valence-electron chi connectivity index (χ1n) is 4.16. The molecule has 1 atom stereocenters. The number of phenols is 1. The third kappa shape index (κ3) is 2.25. The number of hydrogen-bond acceptors (Lipinski definition) is 5. The van der Waals surface area contributed by atoms with Crippen molar-refractivity contribution in [3.63, 3.8) is 0 Å². The number of aromatic hydroxyl groups is 1. The second kappa shape index (κ2) is 4.56. The first-order valence-corrected chi connectivity index (χ1v) is 4.16. The van der Waals surface area contributed by atoms with Gasteiger partial charge in [-0.2, -0.15) is 0 Å². The number of ether oxygens (including phenoxy) is 1. The molecule has 0 aliphatic carbocycles. The van der Waals surface area contributed by atoms with Gasteiger partial charge in [0.25, 0.3) is 0 Å². The summed E-state index contributed by atoms with van der Waals surface area (Å²) < 4.78 is 17.5. The summed E-state index contributed by atoms with van der Waals surface area (Å²) in [4.78, 5) is 20.4. The number of rotatable bonds is 3. The van der Waals surface area contributed by atoms with Crippen LogP contribution in [0.25, 0.3) is 0 Å². The van der Waals surface area contributed by atoms with Crippen LogP contribution in [0.5, 0.6) is 5.75 Å². The average molecular weight is 229 g/mol. The van der Waals surface area contributed by atoms with Gasteiger partial charge in [0.15, 0.2) is 5.75 Å². The molecule has 16 heavy (non-hydrogen) atoms. The quantitative estimate of drug-likeness (QED) is 0.481. The predicted molar refractivity (Wildman–Crippen MR) is 50.6 cm³/mol. The monoisotopic (exact) mass is 229 g/mol. The van der Waals surface area contributed by atoms with Crippen molar-refractivity contribution in [2.45, 2.75) is 6.17 Å². The number of methoxy groups -OCH3 is 1. The molecule has 0 heterocycles. The molecule has 1 N–H and O–H groups in total. The molecule has 1 aromatic rings. The summed E-state index contributed by atoms with van der Waals surface area (Å²) in [6.45, 7) is 0. The first-order chi connectivity index (χ1) is 7.47. The van der Waals surface area contributed by atoms with E-state index in [-0.39, 0.29) is 5.56 Å². The molecule has 0 fully saturated rings. The summed E-state index contributed by atoms with van der Waals surface area (Å²) in [7, 11) is 1.00. The van der Waals surface area contributed by atoms with Crippen LogP contribution in [0, 0.1) is 10.1 Å². The summed E-state index contributed by atoms with van der Waals surface area (Å²) >= 11 is 0. The summed E-state index contributed by atoms with van der Waals surface area (Å²) in [6, 6.07) is 2.81. The van der Waals surface area contributed by atoms with E-state index in [2.05, 4.69) is 4.74 Å². The molecule has 0 aromatic heterocycles. The molecular weight excluding hydrogens is 221 g/mol. The number of hydrogen-bond donors (Lipinski definition) is 1. The summed E-state index contributed by atoms with van der Waals surface area (Å²) in [5, 5.41) is 19.5. The molecule has 1 unspecified atom stereocenters. The number of nitro benzene ring substituents is 1. The molecule has 7 heteroatoms. The van der Waals surface area contributed by atoms with Gasteiger partial charge in [-0.25, -0.2) is 9.18 Å². The van der Waals surface area contributed by atoms with Crippen LogP contribution in [0.15, 0.2) is 18.2 Å². The van der Waals surface area contributed by atoms with E-state index in [1.807, 2.05) is 0 Å². The van der Waals surface area contributed by atoms with Crippen molar-refractivity contribution in [3.8, 4) is 5.75 Å². The van der Waals surface area contributed by atoms with Crippen molar-refractivity contribution in [2.75, 3.05) is 7.11 Å². The molecule has 0 spiro atoms. The number of carbonyl (C=O) groups excluding carboxylic acids is 1. The van der Waals surface area contributed by atoms with E-state index in [0.29, 0.717) is 0 Å². The van der Waals surface area contributed by atoms with Gasteiger partial charge in [0.05, 0.1) is 12.0 Å². The van der Waals surface area contributed by atoms with E-state index in [4.69, 9.17) is 5.11 Å². The molecule has 6 nitrogen and oxygen atoms in total. The maximum absolute atomic E-state index is 13.3. The zero-order valence-corrected chi connectivity index (χ0v) is 8.21. The van der Waals surface area contributed by atoms with Gasteiger partial charge in [0.2, 0.25) is 6.17 Å². The van der Waals surface area contributed by atoms with Gasteiger partial charge in [-0.15, -0.1) is 0 Å². The summed E-state index contributed by atoms with van der Waals surface area (Å²) in [6.07, 6.45) is -2.11. The zero-order chi connectivity index (χ0) is 12.3. The van der Waals surface area contributed by atoms with Crippen molar-refractivity contribution < 1.29 is 24.0 Å². The lowest BCUT2D eigenvalue weighted by molar-refractivity contribution is -0.385. The Kier molecular flexibility index (Phi) is 3.39. The van der Waals surface area contributed by atoms with Crippen molar-refractivity contribution >= 4 is 11.7 Å². The average Bonchev–Trinajstić information content (AvgIpc) is 2.27. The smallest absolute Gasteiger partial charge is 0.345 e. The Morgan fingerprint density at radius 3 is 2.75 bits per heavy atom. The van der Waals surface area contributed by atoms with Gasteiger partial charge < -0.3 is 9.84 Å². The number of nitrogens with zero attached hydrogens (tertiary/aromatic N) is 1. The molecule has 0 saturated carbocycles. The molecule has 0 aliphatic rings. The van der Waals surface area contributed by atoms with Gasteiger partial charge in [-0.05, 0) is 6.07 Å². The Hall–Kier alpha value is -2.18. The van der Waals surface area contributed by atoms with Crippen LogP contribution >= 0.6 is 0 Å². The number of alkyl halides is 1. The second-order valence-corrected chi connectivity index (χ2v) is 2.89. The van der Waals surface area contributed by atoms with E-state index in [0.717, 1.165) is 25.3 Å². The Balaban J connectivity index is 3.12. The second-order valence-electron chi connectivity index (χ2n) is 2.89. The standard InChI is InChI=1S/C9H8FNO5/c1-16-9(13)8(10)5-2-3-7(12)6(4-5)11(14)15/h2-4,8,12H,1H3. The minimum absolute atomic E-state index is 0.239. The van der Waals surface area contributed by atoms with Crippen molar-refractivity contribution in [2.24, 2.45) is 0 Å². The zero-order valence-electron chi connectivity index (χ0n) is 8.21. The van der Waals surface area contributed by atoms with E-state index in [1.165, 1.54) is 0 Å². The Labute approximate surface area is 89.4 Å². The molecule has 1 rings (SSSR count). The van der Waals surface area contributed by atoms with Crippen LogP contribution in [0.2, 0.25) is 0 Å². The van der Waals surface area contributed by atoms with Crippen LogP contribution in [0.3, 0.4) is 0 Å². The van der Waals surface area contributed by atoms with Gasteiger partial charge >= 0.3 is 11.7 Å². The molecule has 0 aliphatic heterocycles. The van der Waals surface area contributed by atoms with Gasteiger partial charge in [0.1, 0.15) is 0 Å². The van der Waals surface area contributed by atoms with E-state index < -0.39 is 28.5 Å². The van der Waals surface area contributed by atoms with Crippen LogP contribution in [0.4, 0.5) is 10.1 Å². The van der Waals surface area contributed by atoms with Gasteiger partial charge in [-0.1, -0.05) is 6.07 Å². The Morgan fingerprint density at radius 1 is 1.62 bits per heavy atom. The highest BCUT2D eigenvalue weighted by Crippen LogP contribution is 2.30. The highest BCUT2D eigenvalue weighted by Gasteiger charge is 2.24. The molecule has 0 amide bonds. The van der Waals surface area contributed by atoms with Crippen molar-refractivity contribution in [1.82, 2.24) is 0 Å². The SMILES string of the molecule is COC(=O)C(F)c1ccc(O)c([N+](=O)[O-])c1. The molecule has 0 bridgehead atoms. The predicted octanol–water partition coefficient (Wildman–Crippen LogP) is 1.48. The number of phenolic OH excluding ortho intramolecular Hbond substituents is 1. The molecule has 0 saturated heterocycles. The molecule has 0 radical (unpaired) electrons. The largest absolute Gasteiger partial charge is 0.502 e. The maximum atomic E-state index is 13.3. The minimum atomic E-state index is -2.11. The fourth-order valence-electron chi connectivity index (χ4n) is 1.08. The Morgan fingerprint density at radius 2 is 2.25 bits per heavy atom. The number of nitro groups is 1. The third-order valence-electron chi connectivity index (χ3n) is 1.90. The highest BCUT2D eigenvalue weighted by molar-refractivity contribution is 5.76. The lowest BCUT2D eigenvalue weighted by atomic mass is 10.1. The van der Waals surface area contributed by atoms with Crippen molar-refractivity contribution in [1.29, 1.82) is 0 Å². The summed E-state index contributed by atoms with van der Waals surface area (Å²) in [5.41, 5.74) is -0.902. The molecule has 1 aromatic carbocycles. The van der Waals surface area contributed by atoms with E-state index in [1.54, 1.807) is 0 Å². The number of carbonyl (C=O) groups is 1. The minimum Gasteiger partial charge on any atom is -0.502 e.